The van der Waals surface area contributed by atoms with Gasteiger partial charge >= 0.3 is 0 Å². The van der Waals surface area contributed by atoms with Gasteiger partial charge in [-0.15, -0.1) is 0 Å². The summed E-state index contributed by atoms with van der Waals surface area (Å²) in [5, 5.41) is 3.31. The molecule has 1 aromatic heterocycles. The number of hydrogen-bond acceptors (Lipinski definition) is 3. The summed E-state index contributed by atoms with van der Waals surface area (Å²) in [4.78, 5) is 4.01. The lowest BCUT2D eigenvalue weighted by atomic mass is 9.98. The van der Waals surface area contributed by atoms with Gasteiger partial charge in [-0.1, -0.05) is 0 Å². The third-order valence-electron chi connectivity index (χ3n) is 2.77. The molecule has 2 heterocycles. The lowest BCUT2D eigenvalue weighted by molar-refractivity contribution is 0.00150. The monoisotopic (exact) mass is 192 g/mol. The number of rotatable bonds is 2. The van der Waals surface area contributed by atoms with Gasteiger partial charge < -0.3 is 10.1 Å². The van der Waals surface area contributed by atoms with Crippen LogP contribution in [0.2, 0.25) is 0 Å². The van der Waals surface area contributed by atoms with Gasteiger partial charge in [0.25, 0.3) is 0 Å². The zero-order valence-electron chi connectivity index (χ0n) is 8.44. The second kappa shape index (κ2) is 4.53. The highest BCUT2D eigenvalue weighted by Gasteiger charge is 2.22. The molecular weight excluding hydrogens is 176 g/mol. The van der Waals surface area contributed by atoms with E-state index >= 15 is 0 Å². The first-order chi connectivity index (χ1) is 6.90. The maximum absolute atomic E-state index is 5.73. The zero-order valence-corrected chi connectivity index (χ0v) is 8.44. The van der Waals surface area contributed by atoms with Crippen LogP contribution in [0.1, 0.15) is 24.5 Å². The van der Waals surface area contributed by atoms with E-state index in [1.54, 1.807) is 0 Å². The van der Waals surface area contributed by atoms with E-state index in [9.17, 15) is 0 Å². The molecule has 0 spiro atoms. The summed E-state index contributed by atoms with van der Waals surface area (Å²) >= 11 is 0. The van der Waals surface area contributed by atoms with Crippen LogP contribution in [-0.4, -0.2) is 24.7 Å². The second-order valence-electron chi connectivity index (χ2n) is 3.65. The van der Waals surface area contributed by atoms with Gasteiger partial charge in [0.15, 0.2) is 0 Å². The van der Waals surface area contributed by atoms with Crippen LogP contribution in [-0.2, 0) is 4.74 Å². The molecule has 2 atom stereocenters. The molecule has 76 valence electrons. The van der Waals surface area contributed by atoms with Crippen LogP contribution in [0.15, 0.2) is 24.5 Å². The Morgan fingerprint density at radius 1 is 1.43 bits per heavy atom. The number of hydrogen-bond donors (Lipinski definition) is 1. The van der Waals surface area contributed by atoms with Crippen LogP contribution in [0.3, 0.4) is 0 Å². The Hall–Kier alpha value is -0.930. The van der Waals surface area contributed by atoms with E-state index in [0.717, 1.165) is 19.4 Å². The summed E-state index contributed by atoms with van der Waals surface area (Å²) in [6, 6.07) is 4.65. The molecule has 1 aromatic rings. The van der Waals surface area contributed by atoms with Gasteiger partial charge in [-0.3, -0.25) is 4.98 Å². The van der Waals surface area contributed by atoms with Crippen molar-refractivity contribution in [3.8, 4) is 0 Å². The minimum Gasteiger partial charge on any atom is -0.373 e. The Morgan fingerprint density at radius 2 is 2.21 bits per heavy atom. The molecule has 14 heavy (non-hydrogen) atoms. The van der Waals surface area contributed by atoms with Crippen molar-refractivity contribution in [1.82, 2.24) is 10.3 Å². The van der Waals surface area contributed by atoms with Crippen molar-refractivity contribution in [2.24, 2.45) is 0 Å². The van der Waals surface area contributed by atoms with Gasteiger partial charge in [-0.25, -0.2) is 0 Å². The predicted molar refractivity (Wildman–Crippen MR) is 55.0 cm³/mol. The molecule has 1 aliphatic heterocycles. The van der Waals surface area contributed by atoms with Gasteiger partial charge in [0, 0.05) is 25.0 Å². The summed E-state index contributed by atoms with van der Waals surface area (Å²) in [5.41, 5.74) is 1.24. The van der Waals surface area contributed by atoms with E-state index in [1.165, 1.54) is 5.56 Å². The maximum atomic E-state index is 5.73. The fourth-order valence-corrected chi connectivity index (χ4v) is 1.87. The number of aromatic nitrogens is 1. The third kappa shape index (κ3) is 2.11. The smallest absolute Gasteiger partial charge is 0.0840 e. The van der Waals surface area contributed by atoms with E-state index < -0.39 is 0 Å². The summed E-state index contributed by atoms with van der Waals surface area (Å²) in [6.45, 7) is 0.846. The molecule has 0 radical (unpaired) electrons. The quantitative estimate of drug-likeness (QED) is 0.771. The van der Waals surface area contributed by atoms with Crippen molar-refractivity contribution in [1.29, 1.82) is 0 Å². The molecule has 1 fully saturated rings. The average Bonchev–Trinajstić information content (AvgIpc) is 2.30. The fourth-order valence-electron chi connectivity index (χ4n) is 1.87. The molecule has 1 saturated heterocycles. The standard InChI is InChI=1S/C11H16N2O/c1-12-10-4-7-14-11(8-10)9-2-5-13-6-3-9/h2-3,5-6,10-12H,4,7-8H2,1H3. The van der Waals surface area contributed by atoms with Crippen molar-refractivity contribution in [3.63, 3.8) is 0 Å². The van der Waals surface area contributed by atoms with Crippen molar-refractivity contribution < 1.29 is 4.74 Å². The first kappa shape index (κ1) is 9.62. The van der Waals surface area contributed by atoms with Crippen molar-refractivity contribution in [2.45, 2.75) is 25.0 Å². The molecular formula is C11H16N2O. The fraction of sp³-hybridized carbons (Fsp3) is 0.545. The number of nitrogens with zero attached hydrogens (tertiary/aromatic N) is 1. The Morgan fingerprint density at radius 3 is 2.93 bits per heavy atom. The normalized spacial score (nSPS) is 27.5. The average molecular weight is 192 g/mol. The molecule has 2 rings (SSSR count). The number of nitrogens with one attached hydrogen (secondary N) is 1. The van der Waals surface area contributed by atoms with E-state index in [4.69, 9.17) is 4.74 Å². The minimum absolute atomic E-state index is 0.240. The molecule has 3 heteroatoms. The predicted octanol–water partition coefficient (Wildman–Crippen LogP) is 1.52. The Kier molecular flexibility index (Phi) is 3.11. The Labute approximate surface area is 84.5 Å². The van der Waals surface area contributed by atoms with Gasteiger partial charge in [-0.05, 0) is 37.6 Å². The van der Waals surface area contributed by atoms with Crippen LogP contribution < -0.4 is 5.32 Å². The van der Waals surface area contributed by atoms with Gasteiger partial charge in [0.05, 0.1) is 6.10 Å². The van der Waals surface area contributed by atoms with E-state index in [1.807, 2.05) is 31.6 Å². The van der Waals surface area contributed by atoms with E-state index in [0.29, 0.717) is 6.04 Å². The summed E-state index contributed by atoms with van der Waals surface area (Å²) in [6.07, 6.45) is 6.05. The summed E-state index contributed by atoms with van der Waals surface area (Å²) in [7, 11) is 2.01. The lowest BCUT2D eigenvalue weighted by Crippen LogP contribution is -2.33. The Balaban J connectivity index is 2.04. The van der Waals surface area contributed by atoms with Gasteiger partial charge in [0.1, 0.15) is 0 Å². The second-order valence-corrected chi connectivity index (χ2v) is 3.65. The zero-order chi connectivity index (χ0) is 9.80. The first-order valence-corrected chi connectivity index (χ1v) is 5.09. The molecule has 0 aromatic carbocycles. The number of ether oxygens (including phenoxy) is 1. The summed E-state index contributed by atoms with van der Waals surface area (Å²) < 4.78 is 5.73. The highest BCUT2D eigenvalue weighted by Crippen LogP contribution is 2.27. The van der Waals surface area contributed by atoms with Gasteiger partial charge in [0.2, 0.25) is 0 Å². The highest BCUT2D eigenvalue weighted by atomic mass is 16.5. The first-order valence-electron chi connectivity index (χ1n) is 5.09. The van der Waals surface area contributed by atoms with E-state index in [-0.39, 0.29) is 6.10 Å². The molecule has 3 nitrogen and oxygen atoms in total. The highest BCUT2D eigenvalue weighted by molar-refractivity contribution is 5.14. The molecule has 2 unspecified atom stereocenters. The van der Waals surface area contributed by atoms with Crippen molar-refractivity contribution in [3.05, 3.63) is 30.1 Å². The molecule has 1 aliphatic rings. The van der Waals surface area contributed by atoms with Crippen LogP contribution >= 0.6 is 0 Å². The van der Waals surface area contributed by atoms with Crippen LogP contribution in [0.25, 0.3) is 0 Å². The molecule has 0 amide bonds. The van der Waals surface area contributed by atoms with Crippen LogP contribution in [0, 0.1) is 0 Å². The lowest BCUT2D eigenvalue weighted by Gasteiger charge is -2.29. The van der Waals surface area contributed by atoms with Gasteiger partial charge in [-0.2, -0.15) is 0 Å². The van der Waals surface area contributed by atoms with Crippen LogP contribution in [0.5, 0.6) is 0 Å². The minimum atomic E-state index is 0.240. The van der Waals surface area contributed by atoms with Crippen molar-refractivity contribution >= 4 is 0 Å². The molecule has 0 saturated carbocycles. The van der Waals surface area contributed by atoms with Crippen molar-refractivity contribution in [2.75, 3.05) is 13.7 Å². The topological polar surface area (TPSA) is 34.1 Å². The molecule has 0 aliphatic carbocycles. The Bertz CT molecular complexity index is 276. The maximum Gasteiger partial charge on any atom is 0.0840 e. The van der Waals surface area contributed by atoms with E-state index in [2.05, 4.69) is 10.3 Å². The SMILES string of the molecule is CNC1CCOC(c2ccncc2)C1. The number of pyridine rings is 1. The van der Waals surface area contributed by atoms with Crippen LogP contribution in [0.4, 0.5) is 0 Å². The third-order valence-corrected chi connectivity index (χ3v) is 2.77. The summed E-state index contributed by atoms with van der Waals surface area (Å²) in [5.74, 6) is 0. The largest absolute Gasteiger partial charge is 0.373 e. The molecule has 0 bridgehead atoms. The molecule has 1 N–H and O–H groups in total.